The van der Waals surface area contributed by atoms with Gasteiger partial charge in [0.05, 0.1) is 17.5 Å². The molecule has 0 bridgehead atoms. The van der Waals surface area contributed by atoms with Gasteiger partial charge in [-0.05, 0) is 26.0 Å². The summed E-state index contributed by atoms with van der Waals surface area (Å²) in [6.07, 6.45) is 0. The smallest absolute Gasteiger partial charge is 0.147 e. The maximum atomic E-state index is 6.20. The second-order valence-corrected chi connectivity index (χ2v) is 4.96. The minimum absolute atomic E-state index is 0.158. The second-order valence-electron chi connectivity index (χ2n) is 4.30. The van der Waals surface area contributed by atoms with Crippen LogP contribution in [0.5, 0.6) is 5.75 Å². The van der Waals surface area contributed by atoms with E-state index in [1.54, 1.807) is 0 Å². The number of imidazole rings is 1. The predicted octanol–water partition coefficient (Wildman–Crippen LogP) is 2.93. The number of para-hydroxylation sites is 1. The fraction of sp³-hybridized carbons (Fsp3) is 0.462. The minimum Gasteiger partial charge on any atom is -0.492 e. The van der Waals surface area contributed by atoms with Crippen LogP contribution in [0.15, 0.2) is 18.2 Å². The molecule has 0 aliphatic rings. The first-order chi connectivity index (χ1) is 8.56. The topological polar surface area (TPSA) is 30.3 Å². The van der Waals surface area contributed by atoms with Crippen molar-refractivity contribution in [1.29, 1.82) is 0 Å². The van der Waals surface area contributed by atoms with Crippen molar-refractivity contribution in [1.82, 2.24) is 9.66 Å². The molecule has 5 heteroatoms. The van der Waals surface area contributed by atoms with Crippen LogP contribution in [0.1, 0.15) is 25.0 Å². The summed E-state index contributed by atoms with van der Waals surface area (Å²) in [5.41, 5.74) is 1.86. The van der Waals surface area contributed by atoms with Crippen LogP contribution in [0.3, 0.4) is 0 Å². The van der Waals surface area contributed by atoms with Crippen molar-refractivity contribution in [3.8, 4) is 5.75 Å². The van der Waals surface area contributed by atoms with Crippen molar-refractivity contribution in [2.75, 3.05) is 25.7 Å². The zero-order chi connectivity index (χ0) is 13.3. The molecule has 0 fully saturated rings. The van der Waals surface area contributed by atoms with Crippen LogP contribution >= 0.6 is 11.6 Å². The lowest BCUT2D eigenvalue weighted by atomic mass is 10.3. The van der Waals surface area contributed by atoms with E-state index in [1.807, 2.05) is 55.8 Å². The summed E-state index contributed by atoms with van der Waals surface area (Å²) < 4.78 is 7.62. The molecule has 18 heavy (non-hydrogen) atoms. The zero-order valence-electron chi connectivity index (χ0n) is 11.1. The van der Waals surface area contributed by atoms with Crippen molar-refractivity contribution in [3.63, 3.8) is 0 Å². The fourth-order valence-electron chi connectivity index (χ4n) is 2.03. The summed E-state index contributed by atoms with van der Waals surface area (Å²) in [6, 6.07) is 5.92. The third-order valence-corrected chi connectivity index (χ3v) is 2.90. The van der Waals surface area contributed by atoms with E-state index in [4.69, 9.17) is 16.3 Å². The van der Waals surface area contributed by atoms with Crippen molar-refractivity contribution in [3.05, 3.63) is 24.0 Å². The number of alkyl halides is 1. The monoisotopic (exact) mass is 267 g/mol. The molecule has 2 rings (SSSR count). The number of ether oxygens (including phenoxy) is 1. The molecule has 98 valence electrons. The number of fused-ring (bicyclic) bond motifs is 1. The van der Waals surface area contributed by atoms with Crippen LogP contribution in [-0.2, 0) is 0 Å². The van der Waals surface area contributed by atoms with Crippen LogP contribution in [-0.4, -0.2) is 30.4 Å². The largest absolute Gasteiger partial charge is 0.492 e. The summed E-state index contributed by atoms with van der Waals surface area (Å²) in [5.74, 6) is 1.62. The SMILES string of the molecule is CCOc1cccc2c1nc(C(C)Cl)n2N(C)C. The summed E-state index contributed by atoms with van der Waals surface area (Å²) in [4.78, 5) is 4.62. The molecule has 0 saturated carbocycles. The van der Waals surface area contributed by atoms with Gasteiger partial charge in [0.1, 0.15) is 17.1 Å². The zero-order valence-corrected chi connectivity index (χ0v) is 11.9. The van der Waals surface area contributed by atoms with Crippen molar-refractivity contribution < 1.29 is 4.74 Å². The Bertz CT molecular complexity index is 548. The van der Waals surface area contributed by atoms with Crippen molar-refractivity contribution >= 4 is 22.6 Å². The molecule has 0 N–H and O–H groups in total. The van der Waals surface area contributed by atoms with Crippen molar-refractivity contribution in [2.24, 2.45) is 0 Å². The lowest BCUT2D eigenvalue weighted by molar-refractivity contribution is 0.343. The van der Waals surface area contributed by atoms with E-state index in [0.29, 0.717) is 6.61 Å². The minimum atomic E-state index is -0.158. The molecular formula is C13H18ClN3O. The second kappa shape index (κ2) is 5.06. The number of benzene rings is 1. The van der Waals surface area contributed by atoms with E-state index in [2.05, 4.69) is 4.98 Å². The Labute approximate surface area is 112 Å². The third-order valence-electron chi connectivity index (χ3n) is 2.70. The van der Waals surface area contributed by atoms with Gasteiger partial charge in [0.15, 0.2) is 0 Å². The Morgan fingerprint density at radius 1 is 1.44 bits per heavy atom. The first kappa shape index (κ1) is 13.0. The molecule has 1 aromatic heterocycles. The van der Waals surface area contributed by atoms with Crippen LogP contribution < -0.4 is 9.75 Å². The molecule has 1 heterocycles. The van der Waals surface area contributed by atoms with Crippen LogP contribution in [0.4, 0.5) is 0 Å². The third kappa shape index (κ3) is 2.12. The Balaban J connectivity index is 2.71. The van der Waals surface area contributed by atoms with E-state index in [-0.39, 0.29) is 5.38 Å². The van der Waals surface area contributed by atoms with E-state index in [9.17, 15) is 0 Å². The number of rotatable bonds is 4. The number of hydrogen-bond donors (Lipinski definition) is 0. The number of nitrogens with zero attached hydrogens (tertiary/aromatic N) is 3. The Kier molecular flexibility index (Phi) is 3.66. The van der Waals surface area contributed by atoms with Gasteiger partial charge in [0.25, 0.3) is 0 Å². The van der Waals surface area contributed by atoms with Gasteiger partial charge in [-0.3, -0.25) is 0 Å². The number of halogens is 1. The number of hydrogen-bond acceptors (Lipinski definition) is 3. The van der Waals surface area contributed by atoms with Crippen LogP contribution in [0.25, 0.3) is 11.0 Å². The van der Waals surface area contributed by atoms with Gasteiger partial charge >= 0.3 is 0 Å². The highest BCUT2D eigenvalue weighted by atomic mass is 35.5. The molecule has 1 unspecified atom stereocenters. The molecule has 0 radical (unpaired) electrons. The van der Waals surface area contributed by atoms with Gasteiger partial charge in [-0.2, -0.15) is 0 Å². The predicted molar refractivity (Wildman–Crippen MR) is 75.2 cm³/mol. The summed E-state index contributed by atoms with van der Waals surface area (Å²) in [7, 11) is 3.94. The normalized spacial score (nSPS) is 12.7. The van der Waals surface area contributed by atoms with Gasteiger partial charge in [-0.1, -0.05) is 6.07 Å². The highest BCUT2D eigenvalue weighted by molar-refractivity contribution is 6.20. The highest BCUT2D eigenvalue weighted by Crippen LogP contribution is 2.29. The van der Waals surface area contributed by atoms with E-state index < -0.39 is 0 Å². The standard InChI is InChI=1S/C13H18ClN3O/c1-5-18-11-8-6-7-10-12(11)15-13(9(2)14)17(10)16(3)4/h6-9H,5H2,1-4H3. The Morgan fingerprint density at radius 2 is 2.17 bits per heavy atom. The first-order valence-electron chi connectivity index (χ1n) is 6.02. The molecule has 0 saturated heterocycles. The average molecular weight is 268 g/mol. The van der Waals surface area contributed by atoms with E-state index >= 15 is 0 Å². The van der Waals surface area contributed by atoms with Gasteiger partial charge in [0, 0.05) is 14.1 Å². The van der Waals surface area contributed by atoms with Gasteiger partial charge in [-0.25, -0.2) is 9.66 Å². The molecule has 1 atom stereocenters. The maximum Gasteiger partial charge on any atom is 0.147 e. The highest BCUT2D eigenvalue weighted by Gasteiger charge is 2.18. The van der Waals surface area contributed by atoms with Gasteiger partial charge < -0.3 is 9.75 Å². The summed E-state index contributed by atoms with van der Waals surface area (Å²) >= 11 is 6.20. The van der Waals surface area contributed by atoms with E-state index in [1.165, 1.54) is 0 Å². The first-order valence-corrected chi connectivity index (χ1v) is 6.45. The summed E-state index contributed by atoms with van der Waals surface area (Å²) in [5, 5.41) is 1.81. The van der Waals surface area contributed by atoms with Crippen LogP contribution in [0.2, 0.25) is 0 Å². The van der Waals surface area contributed by atoms with Gasteiger partial charge in [-0.15, -0.1) is 11.6 Å². The number of aromatic nitrogens is 2. The van der Waals surface area contributed by atoms with Crippen LogP contribution in [0, 0.1) is 0 Å². The quantitative estimate of drug-likeness (QED) is 0.798. The van der Waals surface area contributed by atoms with Crippen molar-refractivity contribution in [2.45, 2.75) is 19.2 Å². The fourth-order valence-corrected chi connectivity index (χ4v) is 2.17. The molecule has 0 aliphatic carbocycles. The molecule has 0 aliphatic heterocycles. The Hall–Kier alpha value is -1.42. The van der Waals surface area contributed by atoms with E-state index in [0.717, 1.165) is 22.6 Å². The maximum absolute atomic E-state index is 6.20. The molecule has 2 aromatic rings. The molecule has 0 spiro atoms. The molecule has 4 nitrogen and oxygen atoms in total. The van der Waals surface area contributed by atoms with Gasteiger partial charge in [0.2, 0.25) is 0 Å². The average Bonchev–Trinajstić information content (AvgIpc) is 2.69. The lowest BCUT2D eigenvalue weighted by Crippen LogP contribution is -2.26. The summed E-state index contributed by atoms with van der Waals surface area (Å²) in [6.45, 7) is 4.51. The lowest BCUT2D eigenvalue weighted by Gasteiger charge is -2.19. The molecular weight excluding hydrogens is 250 g/mol. The Morgan fingerprint density at radius 3 is 2.72 bits per heavy atom. The molecule has 1 aromatic carbocycles. The molecule has 0 amide bonds.